The zero-order valence-electron chi connectivity index (χ0n) is 19.3. The number of carbonyl (C=O) groups excluding carboxylic acids is 2. The number of carbonyl (C=O) groups is 2. The van der Waals surface area contributed by atoms with E-state index in [1.807, 2.05) is 13.0 Å². The van der Waals surface area contributed by atoms with Gasteiger partial charge in [-0.2, -0.15) is 0 Å². The molecule has 2 aliphatic heterocycles. The number of aromatic nitrogens is 2. The molecule has 178 valence electrons. The number of thiazole rings is 1. The zero-order valence-corrected chi connectivity index (χ0v) is 20.1. The van der Waals surface area contributed by atoms with E-state index in [9.17, 15) is 14.7 Å². The van der Waals surface area contributed by atoms with Gasteiger partial charge in [0.05, 0.1) is 30.2 Å². The third kappa shape index (κ3) is 5.18. The van der Waals surface area contributed by atoms with Crippen LogP contribution in [0.2, 0.25) is 0 Å². The number of hydrogen-bond acceptors (Lipinski definition) is 8. The third-order valence-corrected chi connectivity index (χ3v) is 7.23. The molecule has 0 unspecified atom stereocenters. The van der Waals surface area contributed by atoms with Crippen LogP contribution in [0.5, 0.6) is 0 Å². The molecular weight excluding hydrogens is 442 g/mol. The van der Waals surface area contributed by atoms with Crippen molar-refractivity contribution in [1.29, 1.82) is 0 Å². The van der Waals surface area contributed by atoms with E-state index in [4.69, 9.17) is 4.74 Å². The van der Waals surface area contributed by atoms with Crippen LogP contribution in [0.25, 0.3) is 10.4 Å². The van der Waals surface area contributed by atoms with E-state index in [0.29, 0.717) is 24.0 Å². The first-order valence-corrected chi connectivity index (χ1v) is 12.3. The number of hydrogen-bond donors (Lipinski definition) is 3. The zero-order chi connectivity index (χ0) is 23.5. The molecule has 2 aromatic heterocycles. The second-order valence-corrected chi connectivity index (χ2v) is 9.72. The summed E-state index contributed by atoms with van der Waals surface area (Å²) in [5.74, 6) is 0.191. The Hall–Kier alpha value is -2.56. The lowest BCUT2D eigenvalue weighted by molar-refractivity contribution is 0.0788. The maximum atomic E-state index is 13.3. The van der Waals surface area contributed by atoms with Gasteiger partial charge in [-0.15, -0.1) is 11.3 Å². The highest BCUT2D eigenvalue weighted by molar-refractivity contribution is 7.17. The van der Waals surface area contributed by atoms with Crippen molar-refractivity contribution >= 4 is 29.0 Å². The first kappa shape index (κ1) is 23.6. The van der Waals surface area contributed by atoms with Crippen molar-refractivity contribution in [3.63, 3.8) is 0 Å². The minimum absolute atomic E-state index is 0.164. The second-order valence-electron chi connectivity index (χ2n) is 8.72. The smallest absolute Gasteiger partial charge is 0.280 e. The summed E-state index contributed by atoms with van der Waals surface area (Å²) in [7, 11) is 0. The van der Waals surface area contributed by atoms with Crippen molar-refractivity contribution in [2.24, 2.45) is 0 Å². The predicted octanol–water partition coefficient (Wildman–Crippen LogP) is 2.45. The molecule has 2 amide bonds. The van der Waals surface area contributed by atoms with Crippen molar-refractivity contribution in [3.05, 3.63) is 28.5 Å². The normalized spacial score (nSPS) is 21.3. The Balaban J connectivity index is 1.66. The van der Waals surface area contributed by atoms with Gasteiger partial charge in [0.1, 0.15) is 11.5 Å². The molecule has 9 nitrogen and oxygen atoms in total. The molecule has 3 atom stereocenters. The van der Waals surface area contributed by atoms with Gasteiger partial charge in [-0.3, -0.25) is 9.59 Å². The number of likely N-dealkylation sites (tertiary alicyclic amines) is 1. The SMILES string of the molecule is CC[C@@H](C)Nc1cc(C)c(-c2sc(C(=O)N[C@@H]3COC[C@H]3O)nc2C(=O)N2CCCC2)cn1. The fourth-order valence-electron chi connectivity index (χ4n) is 3.95. The van der Waals surface area contributed by atoms with Crippen molar-refractivity contribution in [3.8, 4) is 10.4 Å². The Bertz CT molecular complexity index is 1020. The molecule has 2 saturated heterocycles. The number of aliphatic hydroxyl groups excluding tert-OH is 1. The van der Waals surface area contributed by atoms with Gasteiger partial charge in [-0.05, 0) is 44.7 Å². The number of rotatable bonds is 7. The van der Waals surface area contributed by atoms with Crippen LogP contribution in [0, 0.1) is 6.92 Å². The Kier molecular flexibility index (Phi) is 7.26. The molecule has 2 aliphatic rings. The molecule has 3 N–H and O–H groups in total. The first-order valence-electron chi connectivity index (χ1n) is 11.5. The molecule has 2 fully saturated rings. The Morgan fingerprint density at radius 2 is 2.09 bits per heavy atom. The molecule has 0 aliphatic carbocycles. The van der Waals surface area contributed by atoms with E-state index < -0.39 is 18.1 Å². The van der Waals surface area contributed by atoms with Gasteiger partial charge in [0.2, 0.25) is 0 Å². The van der Waals surface area contributed by atoms with Crippen LogP contribution in [0.1, 0.15) is 59.0 Å². The van der Waals surface area contributed by atoms with Crippen LogP contribution in [0.4, 0.5) is 5.82 Å². The summed E-state index contributed by atoms with van der Waals surface area (Å²) in [5.41, 5.74) is 2.01. The van der Waals surface area contributed by atoms with Crippen LogP contribution in [0.15, 0.2) is 12.3 Å². The average Bonchev–Trinajstić information content (AvgIpc) is 3.55. The third-order valence-electron chi connectivity index (χ3n) is 6.15. The van der Waals surface area contributed by atoms with Gasteiger partial charge in [0, 0.05) is 30.9 Å². The highest BCUT2D eigenvalue weighted by Gasteiger charge is 2.32. The van der Waals surface area contributed by atoms with Gasteiger partial charge in [-0.25, -0.2) is 9.97 Å². The fraction of sp³-hybridized carbons (Fsp3) is 0.565. The Morgan fingerprint density at radius 1 is 1.33 bits per heavy atom. The van der Waals surface area contributed by atoms with E-state index in [0.717, 1.165) is 36.2 Å². The number of ether oxygens (including phenoxy) is 1. The first-order chi connectivity index (χ1) is 15.9. The number of pyridine rings is 1. The Morgan fingerprint density at radius 3 is 2.73 bits per heavy atom. The minimum atomic E-state index is -0.754. The van der Waals surface area contributed by atoms with E-state index in [2.05, 4.69) is 34.4 Å². The van der Waals surface area contributed by atoms with Gasteiger partial charge >= 0.3 is 0 Å². The van der Waals surface area contributed by atoms with E-state index in [1.165, 1.54) is 11.3 Å². The molecule has 0 saturated carbocycles. The molecule has 0 spiro atoms. The second kappa shape index (κ2) is 10.1. The summed E-state index contributed by atoms with van der Waals surface area (Å²) in [6.07, 6.45) is 3.90. The van der Waals surface area contributed by atoms with Crippen molar-refractivity contribution in [2.45, 2.75) is 58.2 Å². The topological polar surface area (TPSA) is 117 Å². The standard InChI is InChI=1S/C23H31N5O4S/c1-4-14(3)25-18-9-13(2)15(10-24-18)20-19(23(31)28-7-5-6-8-28)27-22(33-20)21(30)26-16-11-32-12-17(16)29/h9-10,14,16-17,29H,4-8,11-12H2,1-3H3,(H,24,25)(H,26,30)/t14-,16-,17-/m1/s1. The molecular formula is C23H31N5O4S. The molecule has 0 bridgehead atoms. The largest absolute Gasteiger partial charge is 0.388 e. The van der Waals surface area contributed by atoms with E-state index in [1.54, 1.807) is 11.1 Å². The molecule has 0 aromatic carbocycles. The molecule has 4 rings (SSSR count). The van der Waals surface area contributed by atoms with Gasteiger partial charge < -0.3 is 25.4 Å². The lowest BCUT2D eigenvalue weighted by Crippen LogP contribution is -2.42. The van der Waals surface area contributed by atoms with Crippen LogP contribution in [-0.4, -0.2) is 76.3 Å². The lowest BCUT2D eigenvalue weighted by Gasteiger charge is -2.16. The number of aliphatic hydroxyl groups is 1. The molecule has 0 radical (unpaired) electrons. The summed E-state index contributed by atoms with van der Waals surface area (Å²) < 4.78 is 5.22. The number of nitrogens with zero attached hydrogens (tertiary/aromatic N) is 3. The van der Waals surface area contributed by atoms with Crippen LogP contribution in [-0.2, 0) is 4.74 Å². The quantitative estimate of drug-likeness (QED) is 0.565. The van der Waals surface area contributed by atoms with Gasteiger partial charge in [0.25, 0.3) is 11.8 Å². The molecule has 2 aromatic rings. The van der Waals surface area contributed by atoms with Crippen LogP contribution >= 0.6 is 11.3 Å². The summed E-state index contributed by atoms with van der Waals surface area (Å²) >= 11 is 1.18. The number of aryl methyl sites for hydroxylation is 1. The highest BCUT2D eigenvalue weighted by Crippen LogP contribution is 2.34. The number of amides is 2. The van der Waals surface area contributed by atoms with E-state index in [-0.39, 0.29) is 29.8 Å². The van der Waals surface area contributed by atoms with Crippen molar-refractivity contribution in [1.82, 2.24) is 20.2 Å². The summed E-state index contributed by atoms with van der Waals surface area (Å²) in [4.78, 5) is 37.6. The number of nitrogens with one attached hydrogen (secondary N) is 2. The van der Waals surface area contributed by atoms with Gasteiger partial charge in [0.15, 0.2) is 5.01 Å². The molecule has 10 heteroatoms. The average molecular weight is 474 g/mol. The molecule has 33 heavy (non-hydrogen) atoms. The highest BCUT2D eigenvalue weighted by atomic mass is 32.1. The predicted molar refractivity (Wildman–Crippen MR) is 127 cm³/mol. The van der Waals surface area contributed by atoms with Crippen molar-refractivity contribution in [2.75, 3.05) is 31.6 Å². The summed E-state index contributed by atoms with van der Waals surface area (Å²) in [6.45, 7) is 7.99. The van der Waals surface area contributed by atoms with Crippen LogP contribution in [0.3, 0.4) is 0 Å². The fourth-order valence-corrected chi connectivity index (χ4v) is 4.99. The molecule has 4 heterocycles. The maximum Gasteiger partial charge on any atom is 0.280 e. The Labute approximate surface area is 197 Å². The maximum absolute atomic E-state index is 13.3. The van der Waals surface area contributed by atoms with Crippen molar-refractivity contribution < 1.29 is 19.4 Å². The monoisotopic (exact) mass is 473 g/mol. The van der Waals surface area contributed by atoms with E-state index >= 15 is 0 Å². The van der Waals surface area contributed by atoms with Gasteiger partial charge in [-0.1, -0.05) is 6.92 Å². The minimum Gasteiger partial charge on any atom is -0.388 e. The lowest BCUT2D eigenvalue weighted by atomic mass is 10.1. The summed E-state index contributed by atoms with van der Waals surface area (Å²) in [5, 5.41) is 16.3. The summed E-state index contributed by atoms with van der Waals surface area (Å²) in [6, 6.07) is 1.76. The number of anilines is 1. The van der Waals surface area contributed by atoms with Crippen LogP contribution < -0.4 is 10.6 Å².